The number of likely N-dealkylation sites (tertiary alicyclic amines) is 1. The molecule has 6 heteroatoms. The molecule has 1 saturated heterocycles. The molecule has 0 radical (unpaired) electrons. The van der Waals surface area contributed by atoms with Crippen LogP contribution < -0.4 is 0 Å². The van der Waals surface area contributed by atoms with Gasteiger partial charge in [0.05, 0.1) is 16.8 Å². The maximum absolute atomic E-state index is 12.1. The van der Waals surface area contributed by atoms with E-state index in [1.165, 1.54) is 0 Å². The molecule has 0 atom stereocenters. The number of hydrogen-bond donors (Lipinski definition) is 0. The normalized spacial score (nSPS) is 15.3. The van der Waals surface area contributed by atoms with Gasteiger partial charge in [-0.1, -0.05) is 11.6 Å². The van der Waals surface area contributed by atoms with Gasteiger partial charge in [-0.3, -0.25) is 14.5 Å². The minimum Gasteiger partial charge on any atom is -0.338 e. The summed E-state index contributed by atoms with van der Waals surface area (Å²) in [5.41, 5.74) is 0.642. The van der Waals surface area contributed by atoms with Crippen molar-refractivity contribution in [2.75, 3.05) is 13.1 Å². The Bertz CT molecular complexity index is 577. The highest BCUT2D eigenvalue weighted by Gasteiger charge is 2.31. The lowest BCUT2D eigenvalue weighted by Gasteiger charge is -2.39. The quantitative estimate of drug-likeness (QED) is 0.857. The summed E-state index contributed by atoms with van der Waals surface area (Å²) in [4.78, 5) is 17.9. The van der Waals surface area contributed by atoms with Crippen LogP contribution in [0.3, 0.4) is 0 Å². The Labute approximate surface area is 115 Å². The lowest BCUT2D eigenvalue weighted by Crippen LogP contribution is -2.51. The van der Waals surface area contributed by atoms with Gasteiger partial charge in [-0.2, -0.15) is 5.10 Å². The smallest absolute Gasteiger partial charge is 0.255 e. The fraction of sp³-hybridized carbons (Fsp3) is 0.308. The summed E-state index contributed by atoms with van der Waals surface area (Å²) < 4.78 is 1.82. The summed E-state index contributed by atoms with van der Waals surface area (Å²) in [5, 5.41) is 4.78. The molecule has 0 saturated carbocycles. The zero-order chi connectivity index (χ0) is 13.2. The Morgan fingerprint density at radius 2 is 2.26 bits per heavy atom. The first-order valence-electron chi connectivity index (χ1n) is 6.09. The van der Waals surface area contributed by atoms with E-state index >= 15 is 0 Å². The minimum atomic E-state index is 0.0443. The van der Waals surface area contributed by atoms with Gasteiger partial charge < -0.3 is 4.90 Å². The monoisotopic (exact) mass is 276 g/mol. The van der Waals surface area contributed by atoms with Crippen molar-refractivity contribution < 1.29 is 4.79 Å². The van der Waals surface area contributed by atoms with Crippen LogP contribution >= 0.6 is 11.6 Å². The van der Waals surface area contributed by atoms with E-state index in [2.05, 4.69) is 10.1 Å². The Kier molecular flexibility index (Phi) is 3.21. The molecule has 1 fully saturated rings. The number of hydrogen-bond acceptors (Lipinski definition) is 3. The molecule has 1 aliphatic heterocycles. The summed E-state index contributed by atoms with van der Waals surface area (Å²) in [6, 6.07) is 3.56. The van der Waals surface area contributed by atoms with Crippen molar-refractivity contribution in [1.82, 2.24) is 19.7 Å². The van der Waals surface area contributed by atoms with Crippen LogP contribution in [0.2, 0.25) is 5.02 Å². The van der Waals surface area contributed by atoms with Gasteiger partial charge in [0.25, 0.3) is 5.91 Å². The molecule has 0 N–H and O–H groups in total. The van der Waals surface area contributed by atoms with Gasteiger partial charge in [-0.25, -0.2) is 0 Å². The van der Waals surface area contributed by atoms with Gasteiger partial charge in [0.15, 0.2) is 0 Å². The second-order valence-corrected chi connectivity index (χ2v) is 5.13. The van der Waals surface area contributed by atoms with E-state index in [9.17, 15) is 4.79 Å². The lowest BCUT2D eigenvalue weighted by atomic mass is 9.99. The molecule has 5 nitrogen and oxygen atoms in total. The van der Waals surface area contributed by atoms with Crippen LogP contribution in [0.4, 0.5) is 0 Å². The van der Waals surface area contributed by atoms with E-state index in [0.29, 0.717) is 16.5 Å². The first-order valence-corrected chi connectivity index (χ1v) is 6.47. The second-order valence-electron chi connectivity index (χ2n) is 4.70. The number of halogens is 1. The van der Waals surface area contributed by atoms with Crippen molar-refractivity contribution in [3.8, 4) is 0 Å². The fourth-order valence-corrected chi connectivity index (χ4v) is 2.38. The fourth-order valence-electron chi connectivity index (χ4n) is 2.23. The van der Waals surface area contributed by atoms with Crippen molar-refractivity contribution >= 4 is 17.5 Å². The molecule has 19 heavy (non-hydrogen) atoms. The number of aromatic nitrogens is 3. The van der Waals surface area contributed by atoms with E-state index in [4.69, 9.17) is 11.6 Å². The zero-order valence-electron chi connectivity index (χ0n) is 10.2. The van der Waals surface area contributed by atoms with Crippen LogP contribution in [-0.2, 0) is 6.54 Å². The third-order valence-electron chi connectivity index (χ3n) is 3.20. The molecule has 98 valence electrons. The van der Waals surface area contributed by atoms with Gasteiger partial charge >= 0.3 is 0 Å². The molecule has 1 amide bonds. The number of rotatable bonds is 3. The van der Waals surface area contributed by atoms with Crippen molar-refractivity contribution in [2.24, 2.45) is 5.92 Å². The predicted molar refractivity (Wildman–Crippen MR) is 70.9 cm³/mol. The number of pyridine rings is 1. The third-order valence-corrected chi connectivity index (χ3v) is 3.40. The highest BCUT2D eigenvalue weighted by molar-refractivity contribution is 6.30. The van der Waals surface area contributed by atoms with Crippen LogP contribution in [0.15, 0.2) is 36.9 Å². The van der Waals surface area contributed by atoms with Crippen molar-refractivity contribution in [2.45, 2.75) is 6.54 Å². The van der Waals surface area contributed by atoms with E-state index in [0.717, 1.165) is 19.6 Å². The van der Waals surface area contributed by atoms with Crippen LogP contribution in [0.5, 0.6) is 0 Å². The SMILES string of the molecule is O=C(c1cccnc1)N1CC(Cn2cc(Cl)cn2)C1. The zero-order valence-corrected chi connectivity index (χ0v) is 11.0. The second kappa shape index (κ2) is 5.01. The Morgan fingerprint density at radius 1 is 1.42 bits per heavy atom. The first-order chi connectivity index (χ1) is 9.22. The van der Waals surface area contributed by atoms with E-state index < -0.39 is 0 Å². The molecule has 0 bridgehead atoms. The van der Waals surface area contributed by atoms with Crippen molar-refractivity contribution in [3.05, 3.63) is 47.5 Å². The standard InChI is InChI=1S/C13H13ClN4O/c14-12-5-16-18(9-12)8-10-6-17(7-10)13(19)11-2-1-3-15-4-11/h1-5,9-10H,6-8H2. The molecule has 0 unspecified atom stereocenters. The maximum atomic E-state index is 12.1. The van der Waals surface area contributed by atoms with E-state index in [-0.39, 0.29) is 5.91 Å². The molecule has 1 aliphatic rings. The number of carbonyl (C=O) groups excluding carboxylic acids is 1. The summed E-state index contributed by atoms with van der Waals surface area (Å²) >= 11 is 5.81. The summed E-state index contributed by atoms with van der Waals surface area (Å²) in [7, 11) is 0. The van der Waals surface area contributed by atoms with Crippen LogP contribution in [-0.4, -0.2) is 38.7 Å². The molecular formula is C13H13ClN4O. The molecule has 3 rings (SSSR count). The first kappa shape index (κ1) is 12.2. The molecular weight excluding hydrogens is 264 g/mol. The molecule has 0 aromatic carbocycles. The summed E-state index contributed by atoms with van der Waals surface area (Å²) in [6.07, 6.45) is 6.69. The van der Waals surface area contributed by atoms with Gasteiger partial charge in [0.2, 0.25) is 0 Å². The van der Waals surface area contributed by atoms with E-state index in [1.807, 2.05) is 9.58 Å². The van der Waals surface area contributed by atoms with Gasteiger partial charge in [0.1, 0.15) is 0 Å². The minimum absolute atomic E-state index is 0.0443. The predicted octanol–water partition coefficient (Wildman–Crippen LogP) is 1.70. The molecule has 2 aromatic heterocycles. The average molecular weight is 277 g/mol. The lowest BCUT2D eigenvalue weighted by molar-refractivity contribution is 0.0461. The summed E-state index contributed by atoms with van der Waals surface area (Å²) in [5.74, 6) is 0.486. The van der Waals surface area contributed by atoms with Crippen molar-refractivity contribution in [1.29, 1.82) is 0 Å². The van der Waals surface area contributed by atoms with Gasteiger partial charge in [0, 0.05) is 44.1 Å². The highest BCUT2D eigenvalue weighted by Crippen LogP contribution is 2.20. The van der Waals surface area contributed by atoms with Gasteiger partial charge in [-0.15, -0.1) is 0 Å². The molecule has 0 spiro atoms. The molecule has 2 aromatic rings. The van der Waals surface area contributed by atoms with Crippen LogP contribution in [0.1, 0.15) is 10.4 Å². The topological polar surface area (TPSA) is 51.0 Å². The number of carbonyl (C=O) groups is 1. The van der Waals surface area contributed by atoms with Gasteiger partial charge in [-0.05, 0) is 12.1 Å². The number of nitrogens with zero attached hydrogens (tertiary/aromatic N) is 4. The average Bonchev–Trinajstić information content (AvgIpc) is 2.79. The maximum Gasteiger partial charge on any atom is 0.255 e. The third kappa shape index (κ3) is 2.61. The molecule has 3 heterocycles. The van der Waals surface area contributed by atoms with Crippen LogP contribution in [0, 0.1) is 5.92 Å². The Hall–Kier alpha value is -1.88. The Balaban J connectivity index is 1.54. The number of amides is 1. The van der Waals surface area contributed by atoms with Crippen molar-refractivity contribution in [3.63, 3.8) is 0 Å². The largest absolute Gasteiger partial charge is 0.338 e. The summed E-state index contributed by atoms with van der Waals surface area (Å²) in [6.45, 7) is 2.31. The Morgan fingerprint density at radius 3 is 2.89 bits per heavy atom. The van der Waals surface area contributed by atoms with Crippen LogP contribution in [0.25, 0.3) is 0 Å². The highest BCUT2D eigenvalue weighted by atomic mass is 35.5. The van der Waals surface area contributed by atoms with E-state index in [1.54, 1.807) is 36.9 Å². The molecule has 0 aliphatic carbocycles.